The maximum Gasteiger partial charge on any atom is 0.291 e. The van der Waals surface area contributed by atoms with Gasteiger partial charge in [-0.2, -0.15) is 9.50 Å². The van der Waals surface area contributed by atoms with E-state index in [0.29, 0.717) is 33.2 Å². The summed E-state index contributed by atoms with van der Waals surface area (Å²) in [6.07, 6.45) is 0. The normalized spacial score (nSPS) is 14.8. The third kappa shape index (κ3) is 3.26. The monoisotopic (exact) mass is 504 g/mol. The van der Waals surface area contributed by atoms with E-state index in [1.807, 2.05) is 86.6 Å². The van der Waals surface area contributed by atoms with Crippen molar-refractivity contribution in [3.63, 3.8) is 0 Å². The molecular weight excluding hydrogens is 484 g/mol. The largest absolute Gasteiger partial charge is 0.452 e. The second-order valence-electron chi connectivity index (χ2n) is 9.19. The van der Waals surface area contributed by atoms with Crippen LogP contribution in [0, 0.1) is 13.8 Å². The third-order valence-electron chi connectivity index (χ3n) is 6.82. The Morgan fingerprint density at radius 2 is 1.68 bits per heavy atom. The molecule has 4 heterocycles. The number of benzene rings is 3. The molecule has 0 N–H and O–H groups in total. The van der Waals surface area contributed by atoms with Gasteiger partial charge in [0.05, 0.1) is 17.8 Å². The number of furan rings is 1. The van der Waals surface area contributed by atoms with Gasteiger partial charge in [0.2, 0.25) is 10.8 Å². The molecule has 0 saturated heterocycles. The first-order valence-corrected chi connectivity index (χ1v) is 12.7. The molecule has 6 aromatic rings. The number of carbonyl (C=O) groups excluding carboxylic acids is 1. The summed E-state index contributed by atoms with van der Waals surface area (Å²) >= 11 is 1.18. The maximum absolute atomic E-state index is 13.7. The summed E-state index contributed by atoms with van der Waals surface area (Å²) in [5.41, 5.74) is 5.41. The zero-order valence-electron chi connectivity index (χ0n) is 20.1. The zero-order valence-corrected chi connectivity index (χ0v) is 20.9. The highest BCUT2D eigenvalue weighted by molar-refractivity contribution is 7.15. The standard InChI is InChI=1S/C29H20N4O3S/c1-16-11-13-18(14-12-16)15-32-21-9-5-3-8-20(21)23(27(32)34)25-28(35)33-29(37-25)30-26(31-33)24-17(2)19-7-4-6-10-22(19)36-24/h3-14H,15H2,1-2H3. The number of rotatable bonds is 3. The number of para-hydroxylation sites is 2. The molecule has 3 aromatic heterocycles. The van der Waals surface area contributed by atoms with Crippen LogP contribution >= 0.6 is 11.3 Å². The Morgan fingerprint density at radius 3 is 2.46 bits per heavy atom. The molecule has 0 fully saturated rings. The van der Waals surface area contributed by atoms with Crippen molar-refractivity contribution >= 4 is 44.4 Å². The molecule has 7 nitrogen and oxygen atoms in total. The molecule has 1 aliphatic heterocycles. The van der Waals surface area contributed by atoms with Crippen molar-refractivity contribution in [1.29, 1.82) is 0 Å². The summed E-state index contributed by atoms with van der Waals surface area (Å²) in [5.74, 6) is 0.696. The molecule has 0 spiro atoms. The van der Waals surface area contributed by atoms with E-state index in [1.165, 1.54) is 15.9 Å². The van der Waals surface area contributed by atoms with E-state index in [9.17, 15) is 9.59 Å². The van der Waals surface area contributed by atoms with Crippen LogP contribution in [0.5, 0.6) is 0 Å². The van der Waals surface area contributed by atoms with Crippen molar-refractivity contribution < 1.29 is 9.21 Å². The molecule has 8 heteroatoms. The Morgan fingerprint density at radius 1 is 0.919 bits per heavy atom. The summed E-state index contributed by atoms with van der Waals surface area (Å²) in [6, 6.07) is 23.4. The number of amides is 1. The van der Waals surface area contributed by atoms with Gasteiger partial charge in [0.25, 0.3) is 11.5 Å². The minimum absolute atomic E-state index is 0.197. The molecule has 0 aliphatic carbocycles. The van der Waals surface area contributed by atoms with Crippen molar-refractivity contribution in [1.82, 2.24) is 14.6 Å². The van der Waals surface area contributed by atoms with Crippen molar-refractivity contribution in [2.75, 3.05) is 4.90 Å². The van der Waals surface area contributed by atoms with Crippen molar-refractivity contribution in [2.24, 2.45) is 0 Å². The first-order chi connectivity index (χ1) is 18.0. The summed E-state index contributed by atoms with van der Waals surface area (Å²) < 4.78 is 7.60. The Kier molecular flexibility index (Phi) is 4.68. The molecule has 0 saturated carbocycles. The van der Waals surface area contributed by atoms with Gasteiger partial charge in [-0.3, -0.25) is 9.59 Å². The number of hydrogen-bond donors (Lipinski definition) is 0. The predicted molar refractivity (Wildman–Crippen MR) is 144 cm³/mol. The van der Waals surface area contributed by atoms with Crippen LogP contribution in [0.15, 0.2) is 82.0 Å². The van der Waals surface area contributed by atoms with Crippen LogP contribution in [0.2, 0.25) is 0 Å². The predicted octanol–water partition coefficient (Wildman–Crippen LogP) is 4.65. The van der Waals surface area contributed by atoms with Gasteiger partial charge in [0, 0.05) is 16.5 Å². The maximum atomic E-state index is 13.7. The van der Waals surface area contributed by atoms with Crippen LogP contribution < -0.4 is 15.0 Å². The Bertz CT molecular complexity index is 1980. The first-order valence-electron chi connectivity index (χ1n) is 11.9. The fraction of sp³-hybridized carbons (Fsp3) is 0.103. The van der Waals surface area contributed by atoms with Crippen LogP contribution in [0.4, 0.5) is 5.69 Å². The number of thiazole rings is 1. The van der Waals surface area contributed by atoms with Gasteiger partial charge in [-0.25, -0.2) is 0 Å². The average molecular weight is 505 g/mol. The smallest absolute Gasteiger partial charge is 0.291 e. The lowest BCUT2D eigenvalue weighted by atomic mass is 10.1. The lowest BCUT2D eigenvalue weighted by Crippen LogP contribution is -2.32. The zero-order chi connectivity index (χ0) is 25.3. The number of hydrogen-bond acceptors (Lipinski definition) is 6. The minimum Gasteiger partial charge on any atom is -0.452 e. The van der Waals surface area contributed by atoms with E-state index in [1.54, 1.807) is 4.90 Å². The van der Waals surface area contributed by atoms with Gasteiger partial charge in [-0.15, -0.1) is 5.10 Å². The second kappa shape index (κ2) is 7.97. The quantitative estimate of drug-likeness (QED) is 0.351. The van der Waals surface area contributed by atoms with Crippen LogP contribution in [0.1, 0.15) is 22.3 Å². The van der Waals surface area contributed by atoms with Crippen molar-refractivity contribution in [3.8, 4) is 11.6 Å². The molecule has 0 unspecified atom stereocenters. The van der Waals surface area contributed by atoms with Gasteiger partial charge in [-0.1, -0.05) is 77.6 Å². The van der Waals surface area contributed by atoms with Crippen LogP contribution in [-0.4, -0.2) is 20.5 Å². The van der Waals surface area contributed by atoms with E-state index < -0.39 is 0 Å². The lowest BCUT2D eigenvalue weighted by molar-refractivity contribution is -0.113. The summed E-state index contributed by atoms with van der Waals surface area (Å²) in [5, 5.41) is 5.46. The molecule has 3 aromatic carbocycles. The van der Waals surface area contributed by atoms with Crippen molar-refractivity contribution in [2.45, 2.75) is 20.4 Å². The molecule has 37 heavy (non-hydrogen) atoms. The van der Waals surface area contributed by atoms with Crippen molar-refractivity contribution in [3.05, 3.63) is 110 Å². The minimum atomic E-state index is -0.358. The van der Waals surface area contributed by atoms with E-state index in [4.69, 9.17) is 4.42 Å². The van der Waals surface area contributed by atoms with Gasteiger partial charge in [0.15, 0.2) is 5.76 Å². The number of aromatic nitrogens is 3. The second-order valence-corrected chi connectivity index (χ2v) is 10.2. The highest BCUT2D eigenvalue weighted by atomic mass is 32.1. The van der Waals surface area contributed by atoms with Gasteiger partial charge >= 0.3 is 0 Å². The number of nitrogens with zero attached hydrogens (tertiary/aromatic N) is 4. The lowest BCUT2D eigenvalue weighted by Gasteiger charge is -2.17. The molecule has 180 valence electrons. The highest BCUT2D eigenvalue weighted by Gasteiger charge is 2.34. The van der Waals surface area contributed by atoms with Crippen LogP contribution in [0.3, 0.4) is 0 Å². The number of carbonyl (C=O) groups is 1. The van der Waals surface area contributed by atoms with E-state index >= 15 is 0 Å². The van der Waals surface area contributed by atoms with Gasteiger partial charge < -0.3 is 9.32 Å². The van der Waals surface area contributed by atoms with Gasteiger partial charge in [-0.05, 0) is 31.5 Å². The summed E-state index contributed by atoms with van der Waals surface area (Å²) in [7, 11) is 0. The van der Waals surface area contributed by atoms with Crippen LogP contribution in [0.25, 0.3) is 33.1 Å². The highest BCUT2D eigenvalue weighted by Crippen LogP contribution is 2.36. The molecule has 7 rings (SSSR count). The van der Waals surface area contributed by atoms with Gasteiger partial charge in [0.1, 0.15) is 10.1 Å². The molecule has 0 bridgehead atoms. The SMILES string of the molecule is Cc1ccc(CN2C(=O)C(=c3sc4nc(-c5oc6ccccc6c5C)nn4c3=O)c3ccccc32)cc1. The molecule has 0 radical (unpaired) electrons. The number of aryl methyl sites for hydroxylation is 2. The Hall–Kier alpha value is -4.56. The first kappa shape index (κ1) is 21.7. The van der Waals surface area contributed by atoms with E-state index in [-0.39, 0.29) is 11.5 Å². The fourth-order valence-electron chi connectivity index (χ4n) is 4.90. The van der Waals surface area contributed by atoms with E-state index in [0.717, 1.165) is 38.9 Å². The molecule has 1 aliphatic rings. The topological polar surface area (TPSA) is 80.7 Å². The molecule has 0 atom stereocenters. The van der Waals surface area contributed by atoms with E-state index in [2.05, 4.69) is 10.1 Å². The fourth-order valence-corrected chi connectivity index (χ4v) is 5.90. The summed E-state index contributed by atoms with van der Waals surface area (Å²) in [6.45, 7) is 4.40. The third-order valence-corrected chi connectivity index (χ3v) is 7.85. The Labute approximate surface area is 214 Å². The summed E-state index contributed by atoms with van der Waals surface area (Å²) in [4.78, 5) is 34.0. The molecule has 1 amide bonds. The molecular formula is C29H20N4O3S. The average Bonchev–Trinajstić information content (AvgIpc) is 3.62. The number of fused-ring (bicyclic) bond motifs is 3. The van der Waals surface area contributed by atoms with Crippen LogP contribution in [-0.2, 0) is 11.3 Å². The Balaban J connectivity index is 1.36. The number of anilines is 1.